The van der Waals surface area contributed by atoms with Gasteiger partial charge in [0, 0.05) is 13.0 Å². The molecule has 0 radical (unpaired) electrons. The van der Waals surface area contributed by atoms with Crippen molar-refractivity contribution >= 4 is 29.7 Å². The molecule has 1 aliphatic heterocycles. The van der Waals surface area contributed by atoms with Crippen molar-refractivity contribution in [3.8, 4) is 0 Å². The number of carbonyl (C=O) groups excluding carboxylic acids is 3. The number of amides is 3. The average Bonchev–Trinajstić information content (AvgIpc) is 3.39. The Hall–Kier alpha value is -3.67. The van der Waals surface area contributed by atoms with Crippen LogP contribution in [0.5, 0.6) is 0 Å². The van der Waals surface area contributed by atoms with Gasteiger partial charge in [0.25, 0.3) is 0 Å². The van der Waals surface area contributed by atoms with Crippen LogP contribution in [0.2, 0.25) is 0 Å². The number of guanidine groups is 1. The van der Waals surface area contributed by atoms with Crippen LogP contribution in [0.3, 0.4) is 0 Å². The van der Waals surface area contributed by atoms with Gasteiger partial charge in [-0.25, -0.2) is 4.79 Å². The molecule has 1 heterocycles. The highest BCUT2D eigenvalue weighted by Gasteiger charge is 2.32. The molecule has 0 bridgehead atoms. The lowest BCUT2D eigenvalue weighted by atomic mass is 10.00. The number of aliphatic imine (C=N–C) groups is 1. The Kier molecular flexibility index (Phi) is 11.8. The van der Waals surface area contributed by atoms with Gasteiger partial charge in [-0.3, -0.25) is 19.4 Å². The molecule has 12 nitrogen and oxygen atoms in total. The molecule has 12 heteroatoms. The fraction of sp³-hybridized carbons (Fsp3) is 0.560. The van der Waals surface area contributed by atoms with Gasteiger partial charge in [0.15, 0.2) is 5.96 Å². The largest absolute Gasteiger partial charge is 0.480 e. The Morgan fingerprint density at radius 1 is 1.05 bits per heavy atom. The van der Waals surface area contributed by atoms with E-state index in [4.69, 9.17) is 11.5 Å². The van der Waals surface area contributed by atoms with E-state index in [1.165, 1.54) is 0 Å². The van der Waals surface area contributed by atoms with Crippen molar-refractivity contribution < 1.29 is 24.3 Å². The van der Waals surface area contributed by atoms with Gasteiger partial charge < -0.3 is 37.8 Å². The Bertz CT molecular complexity index is 944. The fourth-order valence-corrected chi connectivity index (χ4v) is 4.05. The summed E-state index contributed by atoms with van der Waals surface area (Å²) >= 11 is 0. The summed E-state index contributed by atoms with van der Waals surface area (Å²) in [6.45, 7) is 4.48. The van der Waals surface area contributed by atoms with Crippen LogP contribution in [0.4, 0.5) is 0 Å². The highest BCUT2D eigenvalue weighted by molar-refractivity contribution is 5.94. The van der Waals surface area contributed by atoms with Crippen molar-refractivity contribution in [1.82, 2.24) is 21.3 Å². The van der Waals surface area contributed by atoms with Crippen molar-refractivity contribution in [3.63, 3.8) is 0 Å². The topological polar surface area (TPSA) is 201 Å². The van der Waals surface area contributed by atoms with Gasteiger partial charge in [0.1, 0.15) is 18.1 Å². The van der Waals surface area contributed by atoms with Crippen LogP contribution in [0.25, 0.3) is 0 Å². The average molecular weight is 518 g/mol. The van der Waals surface area contributed by atoms with Crippen LogP contribution < -0.4 is 32.7 Å². The first-order valence-corrected chi connectivity index (χ1v) is 12.5. The third kappa shape index (κ3) is 10.1. The summed E-state index contributed by atoms with van der Waals surface area (Å²) < 4.78 is 0. The summed E-state index contributed by atoms with van der Waals surface area (Å²) in [5.74, 6) is -3.04. The smallest absolute Gasteiger partial charge is 0.326 e. The summed E-state index contributed by atoms with van der Waals surface area (Å²) in [4.78, 5) is 54.7. The van der Waals surface area contributed by atoms with Gasteiger partial charge in [0.05, 0.1) is 6.04 Å². The van der Waals surface area contributed by atoms with Gasteiger partial charge in [-0.15, -0.1) is 0 Å². The fourth-order valence-electron chi connectivity index (χ4n) is 4.05. The molecule has 204 valence electrons. The molecular weight excluding hydrogens is 478 g/mol. The minimum absolute atomic E-state index is 0.0692. The lowest BCUT2D eigenvalue weighted by molar-refractivity contribution is -0.142. The van der Waals surface area contributed by atoms with Crippen molar-refractivity contribution in [2.24, 2.45) is 22.4 Å². The Morgan fingerprint density at radius 2 is 1.76 bits per heavy atom. The van der Waals surface area contributed by atoms with Crippen LogP contribution in [-0.2, 0) is 25.6 Å². The first kappa shape index (κ1) is 29.6. The standard InChI is InChI=1S/C25H39N7O5/c1-15(2)20(23(35)31-19(24(36)37)14-16-8-4-3-5-9-16)32-22(34)18(11-7-13-29-25(26)27)30-21(33)17-10-6-12-28-17/h3-5,8-9,15,17-20,28H,6-7,10-14H2,1-2H3,(H,30,33)(H,31,35)(H,32,34)(H,36,37)(H4,26,27,29). The number of nitrogens with one attached hydrogen (secondary N) is 4. The first-order chi connectivity index (χ1) is 17.6. The molecule has 1 saturated heterocycles. The number of hydrogen-bond acceptors (Lipinski definition) is 6. The molecule has 0 spiro atoms. The monoisotopic (exact) mass is 517 g/mol. The summed E-state index contributed by atoms with van der Waals surface area (Å²) in [7, 11) is 0. The van der Waals surface area contributed by atoms with E-state index in [0.29, 0.717) is 12.8 Å². The summed E-state index contributed by atoms with van der Waals surface area (Å²) in [6.07, 6.45) is 2.30. The highest BCUT2D eigenvalue weighted by atomic mass is 16.4. The van der Waals surface area contributed by atoms with Gasteiger partial charge in [-0.1, -0.05) is 44.2 Å². The number of aliphatic carboxylic acids is 1. The number of carboxylic acid groups (broad SMARTS) is 1. The number of benzene rings is 1. The van der Waals surface area contributed by atoms with Gasteiger partial charge in [-0.2, -0.15) is 0 Å². The van der Waals surface area contributed by atoms with Gasteiger partial charge in [0.2, 0.25) is 17.7 Å². The van der Waals surface area contributed by atoms with Crippen LogP contribution >= 0.6 is 0 Å². The Morgan fingerprint density at radius 3 is 2.32 bits per heavy atom. The van der Waals surface area contributed by atoms with Crippen molar-refractivity contribution in [3.05, 3.63) is 35.9 Å². The quantitative estimate of drug-likeness (QED) is 0.0946. The second kappa shape index (κ2) is 14.8. The van der Waals surface area contributed by atoms with E-state index in [1.54, 1.807) is 38.1 Å². The maximum absolute atomic E-state index is 13.2. The minimum Gasteiger partial charge on any atom is -0.480 e. The Balaban J connectivity index is 2.09. The summed E-state index contributed by atoms with van der Waals surface area (Å²) in [5, 5.41) is 20.8. The molecule has 1 aliphatic rings. The number of rotatable bonds is 14. The first-order valence-electron chi connectivity index (χ1n) is 12.5. The molecule has 3 amide bonds. The second-order valence-electron chi connectivity index (χ2n) is 9.48. The number of hydrogen-bond donors (Lipinski definition) is 7. The van der Waals surface area contributed by atoms with E-state index in [1.807, 2.05) is 6.07 Å². The second-order valence-corrected chi connectivity index (χ2v) is 9.48. The molecule has 4 unspecified atom stereocenters. The molecule has 1 aromatic carbocycles. The third-order valence-electron chi connectivity index (χ3n) is 6.10. The van der Waals surface area contributed by atoms with Gasteiger partial charge in [-0.05, 0) is 43.7 Å². The van der Waals surface area contributed by atoms with E-state index in [2.05, 4.69) is 26.3 Å². The molecule has 1 fully saturated rings. The number of nitrogens with two attached hydrogens (primary N) is 2. The van der Waals surface area contributed by atoms with Crippen molar-refractivity contribution in [1.29, 1.82) is 0 Å². The Labute approximate surface area is 217 Å². The molecule has 9 N–H and O–H groups in total. The molecule has 1 aromatic rings. The lowest BCUT2D eigenvalue weighted by Gasteiger charge is -2.27. The molecule has 0 aliphatic carbocycles. The van der Waals surface area contributed by atoms with E-state index in [0.717, 1.165) is 18.5 Å². The van der Waals surface area contributed by atoms with Gasteiger partial charge >= 0.3 is 5.97 Å². The zero-order chi connectivity index (χ0) is 27.4. The minimum atomic E-state index is -1.18. The highest BCUT2D eigenvalue weighted by Crippen LogP contribution is 2.10. The number of carbonyl (C=O) groups is 4. The zero-order valence-electron chi connectivity index (χ0n) is 21.4. The van der Waals surface area contributed by atoms with Crippen molar-refractivity contribution in [2.45, 2.75) is 70.1 Å². The predicted octanol–water partition coefficient (Wildman–Crippen LogP) is -0.770. The van der Waals surface area contributed by atoms with Crippen molar-refractivity contribution in [2.75, 3.05) is 13.1 Å². The zero-order valence-corrected chi connectivity index (χ0v) is 21.4. The van der Waals surface area contributed by atoms with E-state index >= 15 is 0 Å². The molecule has 37 heavy (non-hydrogen) atoms. The van der Waals surface area contributed by atoms with E-state index in [9.17, 15) is 24.3 Å². The normalized spacial score (nSPS) is 17.3. The molecular formula is C25H39N7O5. The van der Waals surface area contributed by atoms with Crippen LogP contribution in [0, 0.1) is 5.92 Å². The molecule has 0 aromatic heterocycles. The maximum atomic E-state index is 13.2. The lowest BCUT2D eigenvalue weighted by Crippen LogP contribution is -2.58. The van der Waals surface area contributed by atoms with Crippen LogP contribution in [0.15, 0.2) is 35.3 Å². The summed E-state index contributed by atoms with van der Waals surface area (Å²) in [6, 6.07) is 5.47. The molecule has 2 rings (SSSR count). The molecule has 0 saturated carbocycles. The SMILES string of the molecule is CC(C)C(NC(=O)C(CCCN=C(N)N)NC(=O)C1CCCN1)C(=O)NC(Cc1ccccc1)C(=O)O. The number of carboxylic acids is 1. The van der Waals surface area contributed by atoms with E-state index < -0.39 is 35.9 Å². The van der Waals surface area contributed by atoms with Crippen LogP contribution in [0.1, 0.15) is 45.1 Å². The third-order valence-corrected chi connectivity index (χ3v) is 6.10. The maximum Gasteiger partial charge on any atom is 0.326 e. The molecule has 4 atom stereocenters. The summed E-state index contributed by atoms with van der Waals surface area (Å²) in [5.41, 5.74) is 11.5. The van der Waals surface area contributed by atoms with E-state index in [-0.39, 0.29) is 43.2 Å². The number of nitrogens with zero attached hydrogens (tertiary/aromatic N) is 1. The van der Waals surface area contributed by atoms with Crippen LogP contribution in [-0.4, -0.2) is 72.0 Å². The predicted molar refractivity (Wildman–Crippen MR) is 139 cm³/mol.